The van der Waals surface area contributed by atoms with Crippen molar-refractivity contribution in [2.45, 2.75) is 44.7 Å². The summed E-state index contributed by atoms with van der Waals surface area (Å²) in [5.74, 6) is -0.0265. The molecule has 1 atom stereocenters. The number of hydrogen-bond acceptors (Lipinski definition) is 1. The number of hydrogen-bond donors (Lipinski definition) is 0. The lowest BCUT2D eigenvalue weighted by Gasteiger charge is -2.26. The first-order chi connectivity index (χ1) is 14.2. The molecule has 1 amide bonds. The molecular formula is C25H29ClN2O. The summed E-state index contributed by atoms with van der Waals surface area (Å²) in [6, 6.07) is 24.1. The number of carbonyl (C=O) groups excluding carboxylic acids is 1. The molecule has 4 heteroatoms. The molecule has 0 aliphatic carbocycles. The number of rotatable bonds is 10. The quantitative estimate of drug-likeness (QED) is 0.296. The summed E-state index contributed by atoms with van der Waals surface area (Å²) < 4.78 is 2.21. The number of amides is 1. The van der Waals surface area contributed by atoms with E-state index >= 15 is 0 Å². The third-order valence-corrected chi connectivity index (χ3v) is 5.56. The van der Waals surface area contributed by atoms with E-state index in [1.807, 2.05) is 47.4 Å². The standard InChI is InChI=1S/C25H29ClN2O/c1-2-3-10-17-28(25(29)24(26)22-14-8-5-9-15-22)20-23-16-11-18-27(23)19-21-12-6-4-7-13-21/h4-9,11-16,18,24H,2-3,10,17,19-20H2,1H3. The third-order valence-electron chi connectivity index (χ3n) is 5.12. The second kappa shape index (κ2) is 10.9. The highest BCUT2D eigenvalue weighted by Gasteiger charge is 2.24. The molecular weight excluding hydrogens is 380 g/mol. The molecule has 0 N–H and O–H groups in total. The molecule has 0 radical (unpaired) electrons. The summed E-state index contributed by atoms with van der Waals surface area (Å²) in [6.45, 7) is 4.26. The Bertz CT molecular complexity index is 876. The van der Waals surface area contributed by atoms with E-state index in [-0.39, 0.29) is 5.91 Å². The van der Waals surface area contributed by atoms with Gasteiger partial charge in [0.2, 0.25) is 5.91 Å². The van der Waals surface area contributed by atoms with Gasteiger partial charge in [-0.05, 0) is 29.7 Å². The van der Waals surface area contributed by atoms with Gasteiger partial charge in [0, 0.05) is 25.0 Å². The smallest absolute Gasteiger partial charge is 0.245 e. The van der Waals surface area contributed by atoms with E-state index in [1.165, 1.54) is 5.56 Å². The lowest BCUT2D eigenvalue weighted by molar-refractivity contribution is -0.131. The molecule has 0 saturated carbocycles. The monoisotopic (exact) mass is 408 g/mol. The van der Waals surface area contributed by atoms with Crippen LogP contribution in [0.3, 0.4) is 0 Å². The lowest BCUT2D eigenvalue weighted by Crippen LogP contribution is -2.34. The second-order valence-electron chi connectivity index (χ2n) is 7.35. The Morgan fingerprint density at radius 2 is 1.66 bits per heavy atom. The predicted molar refractivity (Wildman–Crippen MR) is 120 cm³/mol. The molecule has 0 bridgehead atoms. The van der Waals surface area contributed by atoms with Gasteiger partial charge in [-0.15, -0.1) is 11.6 Å². The molecule has 0 aliphatic heterocycles. The minimum absolute atomic E-state index is 0.0265. The highest BCUT2D eigenvalue weighted by atomic mass is 35.5. The summed E-state index contributed by atoms with van der Waals surface area (Å²) in [5, 5.41) is -0.657. The van der Waals surface area contributed by atoms with Crippen LogP contribution in [0.2, 0.25) is 0 Å². The van der Waals surface area contributed by atoms with Gasteiger partial charge in [-0.1, -0.05) is 80.4 Å². The summed E-state index contributed by atoms with van der Waals surface area (Å²) in [6.07, 6.45) is 5.29. The van der Waals surface area contributed by atoms with Crippen molar-refractivity contribution in [2.24, 2.45) is 0 Å². The number of carbonyl (C=O) groups is 1. The van der Waals surface area contributed by atoms with Crippen LogP contribution in [0.15, 0.2) is 79.0 Å². The summed E-state index contributed by atoms with van der Waals surface area (Å²) in [7, 11) is 0. The predicted octanol–water partition coefficient (Wildman–Crippen LogP) is 6.04. The van der Waals surface area contributed by atoms with Gasteiger partial charge in [-0.25, -0.2) is 0 Å². The van der Waals surface area contributed by atoms with Crippen LogP contribution >= 0.6 is 11.6 Å². The molecule has 2 aromatic carbocycles. The minimum Gasteiger partial charge on any atom is -0.345 e. The van der Waals surface area contributed by atoms with Crippen molar-refractivity contribution >= 4 is 17.5 Å². The van der Waals surface area contributed by atoms with Gasteiger partial charge in [0.1, 0.15) is 5.38 Å². The number of benzene rings is 2. The van der Waals surface area contributed by atoms with Crippen molar-refractivity contribution in [2.75, 3.05) is 6.54 Å². The van der Waals surface area contributed by atoms with Crippen molar-refractivity contribution in [1.82, 2.24) is 9.47 Å². The van der Waals surface area contributed by atoms with Gasteiger partial charge in [0.15, 0.2) is 0 Å². The maximum absolute atomic E-state index is 13.2. The first-order valence-corrected chi connectivity index (χ1v) is 10.8. The molecule has 1 heterocycles. The van der Waals surface area contributed by atoms with Gasteiger partial charge in [0.05, 0.1) is 6.54 Å². The largest absolute Gasteiger partial charge is 0.345 e. The van der Waals surface area contributed by atoms with Crippen molar-refractivity contribution in [1.29, 1.82) is 0 Å². The summed E-state index contributed by atoms with van der Waals surface area (Å²) >= 11 is 6.58. The van der Waals surface area contributed by atoms with Crippen molar-refractivity contribution in [3.05, 3.63) is 95.8 Å². The normalized spacial score (nSPS) is 11.9. The molecule has 152 valence electrons. The van der Waals surface area contributed by atoms with E-state index in [0.717, 1.165) is 43.6 Å². The van der Waals surface area contributed by atoms with Crippen molar-refractivity contribution in [3.8, 4) is 0 Å². The van der Waals surface area contributed by atoms with E-state index in [1.54, 1.807) is 0 Å². The Morgan fingerprint density at radius 1 is 0.966 bits per heavy atom. The fourth-order valence-corrected chi connectivity index (χ4v) is 3.75. The Kier molecular flexibility index (Phi) is 7.94. The van der Waals surface area contributed by atoms with Gasteiger partial charge in [-0.2, -0.15) is 0 Å². The van der Waals surface area contributed by atoms with Crippen LogP contribution in [-0.4, -0.2) is 21.9 Å². The van der Waals surface area contributed by atoms with Gasteiger partial charge in [0.25, 0.3) is 0 Å². The minimum atomic E-state index is -0.657. The Balaban J connectivity index is 1.75. The average molecular weight is 409 g/mol. The molecule has 3 rings (SSSR count). The lowest BCUT2D eigenvalue weighted by atomic mass is 10.1. The fraction of sp³-hybridized carbons (Fsp3) is 0.320. The maximum atomic E-state index is 13.2. The van der Waals surface area contributed by atoms with E-state index in [0.29, 0.717) is 6.54 Å². The Hall–Kier alpha value is -2.52. The van der Waals surface area contributed by atoms with E-state index in [4.69, 9.17) is 11.6 Å². The van der Waals surface area contributed by atoms with Crippen LogP contribution in [0.1, 0.15) is 48.4 Å². The first-order valence-electron chi connectivity index (χ1n) is 10.3. The van der Waals surface area contributed by atoms with E-state index in [2.05, 4.69) is 48.0 Å². The summed E-state index contributed by atoms with van der Waals surface area (Å²) in [4.78, 5) is 15.1. The van der Waals surface area contributed by atoms with Crippen LogP contribution in [0.5, 0.6) is 0 Å². The van der Waals surface area contributed by atoms with Crippen molar-refractivity contribution < 1.29 is 4.79 Å². The van der Waals surface area contributed by atoms with Crippen LogP contribution in [-0.2, 0) is 17.9 Å². The highest BCUT2D eigenvalue weighted by molar-refractivity contribution is 6.30. The summed E-state index contributed by atoms with van der Waals surface area (Å²) in [5.41, 5.74) is 3.21. The molecule has 0 saturated heterocycles. The second-order valence-corrected chi connectivity index (χ2v) is 7.79. The number of halogens is 1. The highest BCUT2D eigenvalue weighted by Crippen LogP contribution is 2.24. The zero-order chi connectivity index (χ0) is 20.5. The zero-order valence-electron chi connectivity index (χ0n) is 17.0. The molecule has 0 fully saturated rings. The third kappa shape index (κ3) is 5.98. The molecule has 1 unspecified atom stereocenters. The van der Waals surface area contributed by atoms with Crippen LogP contribution in [0.25, 0.3) is 0 Å². The van der Waals surface area contributed by atoms with E-state index < -0.39 is 5.38 Å². The molecule has 1 aromatic heterocycles. The molecule has 29 heavy (non-hydrogen) atoms. The number of unbranched alkanes of at least 4 members (excludes halogenated alkanes) is 2. The van der Waals surface area contributed by atoms with Crippen molar-refractivity contribution in [3.63, 3.8) is 0 Å². The fourth-order valence-electron chi connectivity index (χ4n) is 3.47. The number of aromatic nitrogens is 1. The van der Waals surface area contributed by atoms with Crippen LogP contribution < -0.4 is 0 Å². The average Bonchev–Trinajstić information content (AvgIpc) is 3.20. The first kappa shape index (κ1) is 21.2. The van der Waals surface area contributed by atoms with Gasteiger partial charge < -0.3 is 9.47 Å². The van der Waals surface area contributed by atoms with Crippen LogP contribution in [0, 0.1) is 0 Å². The SMILES string of the molecule is CCCCCN(Cc1cccn1Cc1ccccc1)C(=O)C(Cl)c1ccccc1. The molecule has 0 spiro atoms. The van der Waals surface area contributed by atoms with Gasteiger partial charge in [-0.3, -0.25) is 4.79 Å². The number of nitrogens with zero attached hydrogens (tertiary/aromatic N) is 2. The molecule has 0 aliphatic rings. The Morgan fingerprint density at radius 3 is 2.34 bits per heavy atom. The number of alkyl halides is 1. The van der Waals surface area contributed by atoms with Gasteiger partial charge >= 0.3 is 0 Å². The van der Waals surface area contributed by atoms with Crippen LogP contribution in [0.4, 0.5) is 0 Å². The maximum Gasteiger partial charge on any atom is 0.245 e. The molecule has 3 aromatic rings. The molecule has 3 nitrogen and oxygen atoms in total. The zero-order valence-corrected chi connectivity index (χ0v) is 17.8. The van der Waals surface area contributed by atoms with E-state index in [9.17, 15) is 4.79 Å². The Labute approximate surface area is 178 Å². The topological polar surface area (TPSA) is 25.2 Å².